The van der Waals surface area contributed by atoms with Crippen molar-refractivity contribution in [1.29, 1.82) is 0 Å². The van der Waals surface area contributed by atoms with Crippen molar-refractivity contribution in [2.45, 2.75) is 13.3 Å². The first-order chi connectivity index (χ1) is 10.0. The maximum atomic E-state index is 12.6. The van der Waals surface area contributed by atoms with E-state index in [1.165, 1.54) is 5.56 Å². The molecule has 2 aromatic rings. The van der Waals surface area contributed by atoms with E-state index in [4.69, 9.17) is 0 Å². The molecule has 0 radical (unpaired) electrons. The highest BCUT2D eigenvalue weighted by Crippen LogP contribution is 2.18. The summed E-state index contributed by atoms with van der Waals surface area (Å²) in [6.07, 6.45) is 0.390. The monoisotopic (exact) mass is 285 g/mol. The number of nitrogens with zero attached hydrogens (tertiary/aromatic N) is 2. The first-order valence-corrected chi connectivity index (χ1v) is 7.17. The van der Waals surface area contributed by atoms with Crippen LogP contribution in [0.25, 0.3) is 10.9 Å². The lowest BCUT2D eigenvalue weighted by Gasteiger charge is -2.19. The zero-order chi connectivity index (χ0) is 15.0. The zero-order valence-corrected chi connectivity index (χ0v) is 12.3. The Kier molecular flexibility index (Phi) is 3.41. The SMILES string of the molecule is Cc1ccc2[nH]c(C(=O)N3CCC(=O)N(C)CC3)cc2c1. The van der Waals surface area contributed by atoms with Gasteiger partial charge >= 0.3 is 0 Å². The highest BCUT2D eigenvalue weighted by Gasteiger charge is 2.23. The van der Waals surface area contributed by atoms with Gasteiger partial charge in [-0.3, -0.25) is 9.59 Å². The van der Waals surface area contributed by atoms with Gasteiger partial charge in [-0.15, -0.1) is 0 Å². The summed E-state index contributed by atoms with van der Waals surface area (Å²) in [6.45, 7) is 3.68. The van der Waals surface area contributed by atoms with Gasteiger partial charge in [0.15, 0.2) is 0 Å². The zero-order valence-electron chi connectivity index (χ0n) is 12.3. The number of aromatic amines is 1. The maximum absolute atomic E-state index is 12.6. The second kappa shape index (κ2) is 5.24. The van der Waals surface area contributed by atoms with Crippen LogP contribution in [0, 0.1) is 6.92 Å². The fourth-order valence-electron chi connectivity index (χ4n) is 2.67. The number of amides is 2. The number of likely N-dealkylation sites (N-methyl/N-ethyl adjacent to an activating group) is 1. The van der Waals surface area contributed by atoms with Crippen molar-refractivity contribution in [3.05, 3.63) is 35.5 Å². The van der Waals surface area contributed by atoms with Gasteiger partial charge in [0.2, 0.25) is 5.91 Å². The highest BCUT2D eigenvalue weighted by atomic mass is 16.2. The molecule has 1 aliphatic rings. The Balaban J connectivity index is 1.84. The van der Waals surface area contributed by atoms with Crippen molar-refractivity contribution in [3.63, 3.8) is 0 Å². The summed E-state index contributed by atoms with van der Waals surface area (Å²) in [5.74, 6) is 0.0597. The molecule has 0 spiro atoms. The normalized spacial score (nSPS) is 16.4. The van der Waals surface area contributed by atoms with Crippen LogP contribution >= 0.6 is 0 Å². The van der Waals surface area contributed by atoms with Crippen molar-refractivity contribution in [2.24, 2.45) is 0 Å². The highest BCUT2D eigenvalue weighted by molar-refractivity contribution is 5.98. The lowest BCUT2D eigenvalue weighted by molar-refractivity contribution is -0.129. The maximum Gasteiger partial charge on any atom is 0.270 e. The molecule has 1 aromatic heterocycles. The molecule has 2 amide bonds. The number of fused-ring (bicyclic) bond motifs is 1. The molecular weight excluding hydrogens is 266 g/mol. The topological polar surface area (TPSA) is 56.4 Å². The van der Waals surface area contributed by atoms with Crippen molar-refractivity contribution >= 4 is 22.7 Å². The summed E-state index contributed by atoms with van der Waals surface area (Å²) in [5, 5.41) is 1.04. The van der Waals surface area contributed by atoms with Crippen LogP contribution in [0.15, 0.2) is 24.3 Å². The molecule has 0 unspecified atom stereocenters. The van der Waals surface area contributed by atoms with E-state index in [1.54, 1.807) is 16.8 Å². The quantitative estimate of drug-likeness (QED) is 0.868. The first kappa shape index (κ1) is 13.7. The summed E-state index contributed by atoms with van der Waals surface area (Å²) >= 11 is 0. The van der Waals surface area contributed by atoms with Gasteiger partial charge in [0, 0.05) is 44.0 Å². The Labute approximate surface area is 123 Å². The number of hydrogen-bond acceptors (Lipinski definition) is 2. The number of H-pyrrole nitrogens is 1. The van der Waals surface area contributed by atoms with Crippen LogP contribution in [-0.2, 0) is 4.79 Å². The van der Waals surface area contributed by atoms with Crippen LogP contribution in [0.1, 0.15) is 22.5 Å². The largest absolute Gasteiger partial charge is 0.351 e. The fourth-order valence-corrected chi connectivity index (χ4v) is 2.67. The van der Waals surface area contributed by atoms with Crippen LogP contribution in [-0.4, -0.2) is 53.3 Å². The second-order valence-electron chi connectivity index (χ2n) is 5.63. The van der Waals surface area contributed by atoms with Crippen molar-refractivity contribution in [1.82, 2.24) is 14.8 Å². The van der Waals surface area contributed by atoms with E-state index in [2.05, 4.69) is 11.1 Å². The minimum absolute atomic E-state index is 0.0352. The fraction of sp³-hybridized carbons (Fsp3) is 0.375. The van der Waals surface area contributed by atoms with Crippen LogP contribution in [0.2, 0.25) is 0 Å². The molecule has 1 aliphatic heterocycles. The van der Waals surface area contributed by atoms with Crippen LogP contribution in [0.3, 0.4) is 0 Å². The van der Waals surface area contributed by atoms with Crippen molar-refractivity contribution < 1.29 is 9.59 Å². The average Bonchev–Trinajstić information content (AvgIpc) is 2.81. The number of carbonyl (C=O) groups is 2. The van der Waals surface area contributed by atoms with E-state index < -0.39 is 0 Å². The van der Waals surface area contributed by atoms with E-state index >= 15 is 0 Å². The molecular formula is C16H19N3O2. The number of benzene rings is 1. The van der Waals surface area contributed by atoms with E-state index in [9.17, 15) is 9.59 Å². The third-order valence-electron chi connectivity index (χ3n) is 4.02. The van der Waals surface area contributed by atoms with Crippen LogP contribution in [0.4, 0.5) is 0 Å². The minimum Gasteiger partial charge on any atom is -0.351 e. The Morgan fingerprint density at radius 3 is 2.81 bits per heavy atom. The Morgan fingerprint density at radius 2 is 2.00 bits per heavy atom. The molecule has 5 nitrogen and oxygen atoms in total. The van der Waals surface area contributed by atoms with Gasteiger partial charge in [0.1, 0.15) is 5.69 Å². The second-order valence-corrected chi connectivity index (χ2v) is 5.63. The van der Waals surface area contributed by atoms with Crippen molar-refractivity contribution in [2.75, 3.05) is 26.7 Å². The number of rotatable bonds is 1. The molecule has 0 bridgehead atoms. The lowest BCUT2D eigenvalue weighted by Crippen LogP contribution is -2.34. The molecule has 110 valence electrons. The van der Waals surface area contributed by atoms with Gasteiger partial charge in [0.05, 0.1) is 0 Å². The Hall–Kier alpha value is -2.30. The van der Waals surface area contributed by atoms with E-state index in [0.29, 0.717) is 31.7 Å². The number of aromatic nitrogens is 1. The summed E-state index contributed by atoms with van der Waals surface area (Å²) in [5.41, 5.74) is 2.72. The molecule has 1 aromatic carbocycles. The molecule has 3 rings (SSSR count). The molecule has 0 saturated carbocycles. The van der Waals surface area contributed by atoms with Gasteiger partial charge in [-0.05, 0) is 25.1 Å². The standard InChI is InChI=1S/C16H19N3O2/c1-11-3-4-13-12(9-11)10-14(17-13)16(21)19-6-5-15(20)18(2)7-8-19/h3-4,9-10,17H,5-8H2,1-2H3. The van der Waals surface area contributed by atoms with Gasteiger partial charge in [0.25, 0.3) is 5.91 Å². The lowest BCUT2D eigenvalue weighted by atomic mass is 10.2. The van der Waals surface area contributed by atoms with E-state index in [1.807, 2.05) is 25.1 Å². The van der Waals surface area contributed by atoms with Gasteiger partial charge < -0.3 is 14.8 Å². The molecule has 0 aliphatic carbocycles. The molecule has 1 saturated heterocycles. The predicted molar refractivity (Wildman–Crippen MR) is 81.2 cm³/mol. The summed E-state index contributed by atoms with van der Waals surface area (Å²) in [7, 11) is 1.78. The van der Waals surface area contributed by atoms with Crippen LogP contribution < -0.4 is 0 Å². The van der Waals surface area contributed by atoms with E-state index in [-0.39, 0.29) is 11.8 Å². The first-order valence-electron chi connectivity index (χ1n) is 7.17. The summed E-state index contributed by atoms with van der Waals surface area (Å²) < 4.78 is 0. The molecule has 5 heteroatoms. The summed E-state index contributed by atoms with van der Waals surface area (Å²) in [6, 6.07) is 7.96. The van der Waals surface area contributed by atoms with E-state index in [0.717, 1.165) is 10.9 Å². The van der Waals surface area contributed by atoms with Crippen molar-refractivity contribution in [3.8, 4) is 0 Å². The molecule has 2 heterocycles. The molecule has 0 atom stereocenters. The molecule has 21 heavy (non-hydrogen) atoms. The van der Waals surface area contributed by atoms with Gasteiger partial charge in [-0.25, -0.2) is 0 Å². The Bertz CT molecular complexity index is 705. The minimum atomic E-state index is -0.0352. The van der Waals surface area contributed by atoms with Gasteiger partial charge in [-0.1, -0.05) is 11.6 Å². The smallest absolute Gasteiger partial charge is 0.270 e. The number of hydrogen-bond donors (Lipinski definition) is 1. The predicted octanol–water partition coefficient (Wildman–Crippen LogP) is 1.78. The number of carbonyl (C=O) groups excluding carboxylic acids is 2. The molecule has 1 N–H and O–H groups in total. The molecule has 1 fully saturated rings. The van der Waals surface area contributed by atoms with Gasteiger partial charge in [-0.2, -0.15) is 0 Å². The average molecular weight is 285 g/mol. The summed E-state index contributed by atoms with van der Waals surface area (Å²) in [4.78, 5) is 30.9. The Morgan fingerprint density at radius 1 is 1.19 bits per heavy atom. The number of aryl methyl sites for hydroxylation is 1. The third kappa shape index (κ3) is 2.63. The van der Waals surface area contributed by atoms with Crippen LogP contribution in [0.5, 0.6) is 0 Å². The third-order valence-corrected chi connectivity index (χ3v) is 4.02. The number of nitrogens with one attached hydrogen (secondary N) is 1.